The lowest BCUT2D eigenvalue weighted by Crippen LogP contribution is -1.99. The highest BCUT2D eigenvalue weighted by Gasteiger charge is 2.50. The third kappa shape index (κ3) is 2.20. The minimum Gasteiger partial charge on any atom is -0.308 e. The number of aromatic nitrogens is 2. The van der Waals surface area contributed by atoms with Crippen LogP contribution < -0.4 is 0 Å². The van der Waals surface area contributed by atoms with Gasteiger partial charge in [0.05, 0.1) is 16.7 Å². The predicted octanol–water partition coefficient (Wildman–Crippen LogP) is 6.64. The van der Waals surface area contributed by atoms with Crippen LogP contribution in [0.1, 0.15) is 42.4 Å². The number of nitrogens with zero attached hydrogens (tertiary/aromatic N) is 2. The van der Waals surface area contributed by atoms with E-state index in [1.807, 2.05) is 12.4 Å². The van der Waals surface area contributed by atoms with E-state index < -0.39 is 0 Å². The van der Waals surface area contributed by atoms with Gasteiger partial charge in [0.15, 0.2) is 0 Å². The second-order valence-electron chi connectivity index (χ2n) is 9.14. The van der Waals surface area contributed by atoms with E-state index in [0.717, 1.165) is 17.8 Å². The maximum Gasteiger partial charge on any atom is 0.0617 e. The third-order valence-electron chi connectivity index (χ3n) is 7.76. The van der Waals surface area contributed by atoms with Gasteiger partial charge in [-0.15, -0.1) is 0 Å². The van der Waals surface area contributed by atoms with Crippen molar-refractivity contribution >= 4 is 34.0 Å². The van der Waals surface area contributed by atoms with E-state index in [0.29, 0.717) is 0 Å². The van der Waals surface area contributed by atoms with Gasteiger partial charge in [-0.3, -0.25) is 4.98 Å². The summed E-state index contributed by atoms with van der Waals surface area (Å²) in [7, 11) is 0. The van der Waals surface area contributed by atoms with Crippen LogP contribution in [-0.4, -0.2) is 9.55 Å². The van der Waals surface area contributed by atoms with Crippen molar-refractivity contribution in [2.75, 3.05) is 0 Å². The minimum atomic E-state index is 0.907. The summed E-state index contributed by atoms with van der Waals surface area (Å²) < 4.78 is 2.47. The largest absolute Gasteiger partial charge is 0.308 e. The van der Waals surface area contributed by atoms with E-state index in [1.165, 1.54) is 76.3 Å². The standard InChI is InChI=1S/C27H24N2/c1-4-8-25-17(5-1)9-11-19-18(15-23-20-6-2-3-7-21(20)23)10-12-22-24-16-28-14-13-26(24)29(25)27(19)22/h1,4-5,8-14,16,20-21,23H,2-3,6-7,15H2. The number of para-hydroxylation sites is 1. The molecule has 0 saturated heterocycles. The fourth-order valence-electron chi connectivity index (χ4n) is 6.33. The first kappa shape index (κ1) is 16.0. The van der Waals surface area contributed by atoms with Crippen LogP contribution in [0, 0.1) is 17.8 Å². The minimum absolute atomic E-state index is 0.907. The molecule has 1 aliphatic heterocycles. The Balaban J connectivity index is 1.49. The summed E-state index contributed by atoms with van der Waals surface area (Å²) in [6.45, 7) is 0. The molecule has 2 saturated carbocycles. The number of hydrogen-bond acceptors (Lipinski definition) is 1. The van der Waals surface area contributed by atoms with Crippen LogP contribution >= 0.6 is 0 Å². The molecule has 2 fully saturated rings. The molecule has 0 N–H and O–H groups in total. The smallest absolute Gasteiger partial charge is 0.0617 e. The quantitative estimate of drug-likeness (QED) is 0.338. The Hall–Kier alpha value is -2.87. The van der Waals surface area contributed by atoms with Crippen LogP contribution in [0.4, 0.5) is 0 Å². The summed E-state index contributed by atoms with van der Waals surface area (Å²) in [4.78, 5) is 4.44. The van der Waals surface area contributed by atoms with Crippen LogP contribution in [0.2, 0.25) is 0 Å². The Bertz CT molecular complexity index is 1300. The highest BCUT2D eigenvalue weighted by molar-refractivity contribution is 6.13. The van der Waals surface area contributed by atoms with Crippen LogP contribution in [0.5, 0.6) is 0 Å². The van der Waals surface area contributed by atoms with Crippen molar-refractivity contribution in [3.63, 3.8) is 0 Å². The van der Waals surface area contributed by atoms with Gasteiger partial charge in [0.1, 0.15) is 0 Å². The number of pyridine rings is 1. The lowest BCUT2D eigenvalue weighted by atomic mass is 9.97. The van der Waals surface area contributed by atoms with Crippen LogP contribution in [0.15, 0.2) is 54.9 Å². The van der Waals surface area contributed by atoms with Crippen molar-refractivity contribution in [3.05, 3.63) is 71.5 Å². The van der Waals surface area contributed by atoms with Gasteiger partial charge in [-0.25, -0.2) is 0 Å². The van der Waals surface area contributed by atoms with Crippen molar-refractivity contribution in [3.8, 4) is 5.69 Å². The van der Waals surface area contributed by atoms with Crippen molar-refractivity contribution in [1.29, 1.82) is 0 Å². The van der Waals surface area contributed by atoms with E-state index in [4.69, 9.17) is 0 Å². The molecule has 0 bridgehead atoms. The molecule has 3 heterocycles. The van der Waals surface area contributed by atoms with Gasteiger partial charge in [-0.05, 0) is 60.3 Å². The summed E-state index contributed by atoms with van der Waals surface area (Å²) in [5.41, 5.74) is 8.10. The SMILES string of the molecule is C1=Cc2c(CC3C4CCCCC43)ccc3c4cnccc4n(c23)-c2ccccc21. The summed E-state index contributed by atoms with van der Waals surface area (Å²) in [6, 6.07) is 15.7. The molecule has 0 amide bonds. The Morgan fingerprint density at radius 3 is 2.66 bits per heavy atom. The highest BCUT2D eigenvalue weighted by atomic mass is 15.0. The molecule has 2 heteroatoms. The molecule has 0 spiro atoms. The lowest BCUT2D eigenvalue weighted by Gasteiger charge is -2.12. The molecule has 2 aromatic heterocycles. The van der Waals surface area contributed by atoms with E-state index in [-0.39, 0.29) is 0 Å². The van der Waals surface area contributed by atoms with E-state index in [2.05, 4.69) is 64.2 Å². The van der Waals surface area contributed by atoms with Gasteiger partial charge in [-0.1, -0.05) is 55.3 Å². The lowest BCUT2D eigenvalue weighted by molar-refractivity contribution is 0.480. The maximum atomic E-state index is 4.44. The Morgan fingerprint density at radius 1 is 0.897 bits per heavy atom. The van der Waals surface area contributed by atoms with Crippen molar-refractivity contribution in [2.45, 2.75) is 32.1 Å². The molecule has 142 valence electrons. The average molecular weight is 377 g/mol. The van der Waals surface area contributed by atoms with Crippen molar-refractivity contribution in [2.24, 2.45) is 17.8 Å². The normalized spacial score (nSPS) is 24.3. The molecule has 0 radical (unpaired) electrons. The third-order valence-corrected chi connectivity index (χ3v) is 7.76. The van der Waals surface area contributed by atoms with Gasteiger partial charge < -0.3 is 4.57 Å². The summed E-state index contributed by atoms with van der Waals surface area (Å²) in [5.74, 6) is 2.90. The molecule has 29 heavy (non-hydrogen) atoms. The number of benzene rings is 2. The van der Waals surface area contributed by atoms with Gasteiger partial charge in [0.2, 0.25) is 0 Å². The maximum absolute atomic E-state index is 4.44. The predicted molar refractivity (Wildman–Crippen MR) is 120 cm³/mol. The fourth-order valence-corrected chi connectivity index (χ4v) is 6.33. The zero-order valence-electron chi connectivity index (χ0n) is 16.5. The monoisotopic (exact) mass is 376 g/mol. The second-order valence-corrected chi connectivity index (χ2v) is 9.14. The molecule has 2 unspecified atom stereocenters. The molecule has 3 aliphatic rings. The molecular formula is C27H24N2. The van der Waals surface area contributed by atoms with Crippen molar-refractivity contribution < 1.29 is 0 Å². The summed E-state index contributed by atoms with van der Waals surface area (Å²) in [6.07, 6.45) is 15.7. The van der Waals surface area contributed by atoms with E-state index in [9.17, 15) is 0 Å². The van der Waals surface area contributed by atoms with Crippen LogP contribution in [0.3, 0.4) is 0 Å². The topological polar surface area (TPSA) is 17.8 Å². The zero-order chi connectivity index (χ0) is 18.9. The number of fused-ring (bicyclic) bond motifs is 6. The molecule has 4 aromatic rings. The Kier molecular flexibility index (Phi) is 3.21. The molecular weight excluding hydrogens is 352 g/mol. The Morgan fingerprint density at radius 2 is 1.76 bits per heavy atom. The van der Waals surface area contributed by atoms with Crippen LogP contribution in [0.25, 0.3) is 39.6 Å². The van der Waals surface area contributed by atoms with Gasteiger partial charge >= 0.3 is 0 Å². The summed E-state index contributed by atoms with van der Waals surface area (Å²) >= 11 is 0. The van der Waals surface area contributed by atoms with Gasteiger partial charge in [-0.2, -0.15) is 0 Å². The first-order chi connectivity index (χ1) is 14.4. The number of rotatable bonds is 2. The highest BCUT2D eigenvalue weighted by Crippen LogP contribution is 2.57. The Labute approximate surface area is 170 Å². The molecule has 7 rings (SSSR count). The van der Waals surface area contributed by atoms with Crippen LogP contribution in [-0.2, 0) is 6.42 Å². The number of hydrogen-bond donors (Lipinski definition) is 0. The molecule has 2 nitrogen and oxygen atoms in total. The van der Waals surface area contributed by atoms with Gasteiger partial charge in [0.25, 0.3) is 0 Å². The molecule has 2 aromatic carbocycles. The van der Waals surface area contributed by atoms with E-state index in [1.54, 1.807) is 0 Å². The van der Waals surface area contributed by atoms with Crippen molar-refractivity contribution in [1.82, 2.24) is 9.55 Å². The van der Waals surface area contributed by atoms with E-state index >= 15 is 0 Å². The fraction of sp³-hybridized carbons (Fsp3) is 0.296. The summed E-state index contributed by atoms with van der Waals surface area (Å²) in [5, 5.41) is 2.57. The second kappa shape index (κ2) is 5.82. The first-order valence-electron chi connectivity index (χ1n) is 11.1. The molecule has 2 aliphatic carbocycles. The molecule has 2 atom stereocenters. The van der Waals surface area contributed by atoms with Gasteiger partial charge in [0, 0.05) is 28.7 Å². The average Bonchev–Trinajstić information content (AvgIpc) is 3.41. The zero-order valence-corrected chi connectivity index (χ0v) is 16.5. The first-order valence-corrected chi connectivity index (χ1v) is 11.1.